The van der Waals surface area contributed by atoms with E-state index in [4.69, 9.17) is 11.5 Å². The van der Waals surface area contributed by atoms with E-state index in [2.05, 4.69) is 23.0 Å². The Hall–Kier alpha value is -1.70. The number of terminal acetylenes is 1. The van der Waals surface area contributed by atoms with E-state index in [1.165, 1.54) is 17.3 Å². The lowest BCUT2D eigenvalue weighted by Crippen LogP contribution is -2.00. The summed E-state index contributed by atoms with van der Waals surface area (Å²) in [5, 5.41) is 9.99. The van der Waals surface area contributed by atoms with Gasteiger partial charge in [0.1, 0.15) is 0 Å². The summed E-state index contributed by atoms with van der Waals surface area (Å²) in [5.41, 5.74) is 1.87. The lowest BCUT2D eigenvalue weighted by Gasteiger charge is -2.06. The zero-order valence-corrected chi connectivity index (χ0v) is 10.7. The molecule has 0 fully saturated rings. The molecule has 0 aliphatic heterocycles. The van der Waals surface area contributed by atoms with Gasteiger partial charge >= 0.3 is 0 Å². The van der Waals surface area contributed by atoms with Crippen LogP contribution in [0.4, 0.5) is 0 Å². The van der Waals surface area contributed by atoms with Gasteiger partial charge in [0.25, 0.3) is 0 Å². The van der Waals surface area contributed by atoms with Crippen molar-refractivity contribution in [2.45, 2.75) is 18.3 Å². The number of aliphatic hydroxyl groups excluding tert-OH is 1. The highest BCUT2D eigenvalue weighted by Gasteiger charge is 2.08. The lowest BCUT2D eigenvalue weighted by molar-refractivity contribution is 0.277. The molecule has 0 unspecified atom stereocenters. The molecule has 18 heavy (non-hydrogen) atoms. The fraction of sp³-hybridized carbons (Fsp3) is 0.214. The van der Waals surface area contributed by atoms with Crippen LogP contribution >= 0.6 is 11.8 Å². The molecule has 3 nitrogen and oxygen atoms in total. The predicted molar refractivity (Wildman–Crippen MR) is 73.3 cm³/mol. The minimum Gasteiger partial charge on any atom is -0.390 e. The van der Waals surface area contributed by atoms with Gasteiger partial charge in [-0.05, 0) is 5.56 Å². The number of aromatic nitrogens is 2. The van der Waals surface area contributed by atoms with Gasteiger partial charge in [-0.1, -0.05) is 48.0 Å². The molecule has 0 bridgehead atoms. The molecule has 92 valence electrons. The molecule has 0 radical (unpaired) electrons. The SMILES string of the molecule is C#CCSc1nc(CO)cn1Cc1ccccc1. The minimum absolute atomic E-state index is 0.0502. The van der Waals surface area contributed by atoms with E-state index >= 15 is 0 Å². The second-order valence-electron chi connectivity index (χ2n) is 3.78. The molecule has 0 saturated carbocycles. The van der Waals surface area contributed by atoms with Gasteiger partial charge in [0.2, 0.25) is 0 Å². The van der Waals surface area contributed by atoms with Crippen molar-refractivity contribution in [1.29, 1.82) is 0 Å². The molecule has 0 amide bonds. The number of benzene rings is 1. The zero-order valence-electron chi connectivity index (χ0n) is 9.91. The first-order valence-electron chi connectivity index (χ1n) is 5.60. The van der Waals surface area contributed by atoms with Gasteiger partial charge in [-0.15, -0.1) is 6.42 Å². The van der Waals surface area contributed by atoms with E-state index in [1.54, 1.807) is 0 Å². The van der Waals surface area contributed by atoms with Crippen molar-refractivity contribution in [3.63, 3.8) is 0 Å². The minimum atomic E-state index is -0.0502. The number of nitrogens with zero attached hydrogens (tertiary/aromatic N) is 2. The van der Waals surface area contributed by atoms with E-state index in [1.807, 2.05) is 29.0 Å². The maximum Gasteiger partial charge on any atom is 0.169 e. The number of thioether (sulfide) groups is 1. The van der Waals surface area contributed by atoms with Crippen LogP contribution in [0.1, 0.15) is 11.3 Å². The van der Waals surface area contributed by atoms with E-state index < -0.39 is 0 Å². The van der Waals surface area contributed by atoms with Crippen LogP contribution in [0, 0.1) is 12.3 Å². The summed E-state index contributed by atoms with van der Waals surface area (Å²) in [6.45, 7) is 0.687. The second-order valence-corrected chi connectivity index (χ2v) is 4.72. The Morgan fingerprint density at radius 1 is 1.33 bits per heavy atom. The topological polar surface area (TPSA) is 38.1 Å². The van der Waals surface area contributed by atoms with Crippen molar-refractivity contribution < 1.29 is 5.11 Å². The maximum atomic E-state index is 9.14. The maximum absolute atomic E-state index is 9.14. The molecule has 0 aliphatic carbocycles. The summed E-state index contributed by atoms with van der Waals surface area (Å²) in [6, 6.07) is 10.1. The van der Waals surface area contributed by atoms with Crippen LogP contribution < -0.4 is 0 Å². The highest BCUT2D eigenvalue weighted by Crippen LogP contribution is 2.18. The van der Waals surface area contributed by atoms with Crippen LogP contribution in [0.15, 0.2) is 41.7 Å². The molecule has 0 atom stereocenters. The first-order valence-corrected chi connectivity index (χ1v) is 6.59. The Kier molecular flexibility index (Phi) is 4.46. The summed E-state index contributed by atoms with van der Waals surface area (Å²) >= 11 is 1.51. The van der Waals surface area contributed by atoms with Crippen LogP contribution in [0.5, 0.6) is 0 Å². The molecule has 1 aromatic heterocycles. The molecule has 1 heterocycles. The van der Waals surface area contributed by atoms with Crippen LogP contribution in [0.3, 0.4) is 0 Å². The van der Waals surface area contributed by atoms with Crippen LogP contribution in [-0.2, 0) is 13.2 Å². The molecule has 0 aliphatic rings. The fourth-order valence-electron chi connectivity index (χ4n) is 1.64. The second kappa shape index (κ2) is 6.29. The van der Waals surface area contributed by atoms with Crippen LogP contribution in [-0.4, -0.2) is 20.4 Å². The third-order valence-corrected chi connectivity index (χ3v) is 3.33. The Labute approximate surface area is 111 Å². The van der Waals surface area contributed by atoms with Crippen molar-refractivity contribution in [3.05, 3.63) is 47.8 Å². The molecule has 1 N–H and O–H groups in total. The third-order valence-electron chi connectivity index (χ3n) is 2.43. The smallest absolute Gasteiger partial charge is 0.169 e. The molecule has 1 aromatic carbocycles. The van der Waals surface area contributed by atoms with Gasteiger partial charge in [-0.2, -0.15) is 0 Å². The molecule has 2 aromatic rings. The number of hydrogen-bond donors (Lipinski definition) is 1. The highest BCUT2D eigenvalue weighted by molar-refractivity contribution is 7.99. The van der Waals surface area contributed by atoms with Crippen molar-refractivity contribution in [1.82, 2.24) is 9.55 Å². The normalized spacial score (nSPS) is 10.2. The number of imidazole rings is 1. The first-order chi connectivity index (χ1) is 8.83. The molecule has 0 spiro atoms. The fourth-order valence-corrected chi connectivity index (χ4v) is 2.32. The summed E-state index contributed by atoms with van der Waals surface area (Å²) in [4.78, 5) is 4.34. The van der Waals surface area contributed by atoms with Gasteiger partial charge in [0.05, 0.1) is 18.1 Å². The molecule has 2 rings (SSSR count). The third kappa shape index (κ3) is 3.16. The number of aliphatic hydroxyl groups is 1. The summed E-state index contributed by atoms with van der Waals surface area (Å²) < 4.78 is 2.02. The Morgan fingerprint density at radius 2 is 2.11 bits per heavy atom. The van der Waals surface area contributed by atoms with Crippen molar-refractivity contribution >= 4 is 11.8 Å². The molecular weight excluding hydrogens is 244 g/mol. The molecule has 0 saturated heterocycles. The van der Waals surface area contributed by atoms with Crippen LogP contribution in [0.25, 0.3) is 0 Å². The number of rotatable bonds is 5. The largest absolute Gasteiger partial charge is 0.390 e. The molecule has 4 heteroatoms. The average molecular weight is 258 g/mol. The Balaban J connectivity index is 2.20. The van der Waals surface area contributed by atoms with E-state index in [0.717, 1.165) is 11.7 Å². The van der Waals surface area contributed by atoms with Crippen LogP contribution in [0.2, 0.25) is 0 Å². The van der Waals surface area contributed by atoms with Crippen molar-refractivity contribution in [2.24, 2.45) is 0 Å². The van der Waals surface area contributed by atoms with E-state index in [0.29, 0.717) is 11.4 Å². The number of hydrogen-bond acceptors (Lipinski definition) is 3. The van der Waals surface area contributed by atoms with Gasteiger partial charge in [-0.25, -0.2) is 4.98 Å². The van der Waals surface area contributed by atoms with E-state index in [9.17, 15) is 0 Å². The van der Waals surface area contributed by atoms with Gasteiger partial charge < -0.3 is 9.67 Å². The average Bonchev–Trinajstić information content (AvgIpc) is 2.80. The summed E-state index contributed by atoms with van der Waals surface area (Å²) in [5.74, 6) is 3.16. The highest BCUT2D eigenvalue weighted by atomic mass is 32.2. The standard InChI is InChI=1S/C14H14N2OS/c1-2-8-18-14-15-13(11-17)10-16(14)9-12-6-4-3-5-7-12/h1,3-7,10,17H,8-9,11H2. The van der Waals surface area contributed by atoms with Gasteiger partial charge in [0, 0.05) is 12.7 Å². The zero-order chi connectivity index (χ0) is 12.8. The summed E-state index contributed by atoms with van der Waals surface area (Å²) in [6.07, 6.45) is 7.13. The molecular formula is C14H14N2OS. The quantitative estimate of drug-likeness (QED) is 0.659. The Bertz CT molecular complexity index is 543. The Morgan fingerprint density at radius 3 is 2.78 bits per heavy atom. The van der Waals surface area contributed by atoms with Gasteiger partial charge in [-0.3, -0.25) is 0 Å². The lowest BCUT2D eigenvalue weighted by atomic mass is 10.2. The van der Waals surface area contributed by atoms with Crippen molar-refractivity contribution in [3.8, 4) is 12.3 Å². The summed E-state index contributed by atoms with van der Waals surface area (Å²) in [7, 11) is 0. The van der Waals surface area contributed by atoms with Gasteiger partial charge in [0.15, 0.2) is 5.16 Å². The van der Waals surface area contributed by atoms with Crippen molar-refractivity contribution in [2.75, 3.05) is 5.75 Å². The first kappa shape index (κ1) is 12.7. The monoisotopic (exact) mass is 258 g/mol. The van der Waals surface area contributed by atoms with E-state index in [-0.39, 0.29) is 6.61 Å². The predicted octanol–water partition coefficient (Wildman–Crippen LogP) is 2.15.